The zero-order valence-electron chi connectivity index (χ0n) is 11.6. The van der Waals surface area contributed by atoms with E-state index in [4.69, 9.17) is 45.3 Å². The molecule has 0 aliphatic carbocycles. The molecule has 4 nitrogen and oxygen atoms in total. The molecule has 1 amide bonds. The van der Waals surface area contributed by atoms with Crippen LogP contribution < -0.4 is 15.8 Å². The van der Waals surface area contributed by atoms with E-state index >= 15 is 0 Å². The summed E-state index contributed by atoms with van der Waals surface area (Å²) in [6.45, 7) is 0.250. The Bertz CT molecular complexity index is 720. The monoisotopic (exact) mass is 358 g/mol. The Morgan fingerprint density at radius 1 is 1.18 bits per heavy atom. The quantitative estimate of drug-likeness (QED) is 0.805. The van der Waals surface area contributed by atoms with E-state index in [2.05, 4.69) is 5.32 Å². The summed E-state index contributed by atoms with van der Waals surface area (Å²) < 4.78 is 5.15. The second-order valence-electron chi connectivity index (χ2n) is 4.49. The lowest BCUT2D eigenvalue weighted by Gasteiger charge is -2.12. The van der Waals surface area contributed by atoms with Crippen molar-refractivity contribution in [3.05, 3.63) is 56.5 Å². The molecule has 0 fully saturated rings. The van der Waals surface area contributed by atoms with Crippen molar-refractivity contribution in [1.29, 1.82) is 0 Å². The number of nitrogens with two attached hydrogens (primary N) is 1. The van der Waals surface area contributed by atoms with Crippen LogP contribution >= 0.6 is 34.8 Å². The summed E-state index contributed by atoms with van der Waals surface area (Å²) in [6, 6.07) is 8.04. The number of carbonyl (C=O) groups is 1. The van der Waals surface area contributed by atoms with Crippen molar-refractivity contribution in [2.45, 2.75) is 6.54 Å². The number of anilines is 1. The fraction of sp³-hybridized carbons (Fsp3) is 0.133. The number of hydrogen-bond donors (Lipinski definition) is 2. The minimum Gasteiger partial charge on any atom is -0.496 e. The third kappa shape index (κ3) is 3.77. The van der Waals surface area contributed by atoms with Gasteiger partial charge in [0.2, 0.25) is 0 Å². The van der Waals surface area contributed by atoms with E-state index in [1.54, 1.807) is 18.2 Å². The van der Waals surface area contributed by atoms with E-state index in [0.717, 1.165) is 5.56 Å². The molecule has 0 aliphatic heterocycles. The van der Waals surface area contributed by atoms with Crippen molar-refractivity contribution in [3.8, 4) is 5.75 Å². The number of benzene rings is 2. The summed E-state index contributed by atoms with van der Waals surface area (Å²) in [6.07, 6.45) is 0. The molecule has 0 saturated carbocycles. The first kappa shape index (κ1) is 16.7. The highest BCUT2D eigenvalue weighted by Gasteiger charge is 2.15. The summed E-state index contributed by atoms with van der Waals surface area (Å²) in [4.78, 5) is 12.3. The number of nitrogen functional groups attached to an aromatic ring is 1. The molecule has 3 N–H and O–H groups in total. The molecule has 2 rings (SSSR count). The first-order valence-electron chi connectivity index (χ1n) is 6.27. The molecule has 0 bridgehead atoms. The van der Waals surface area contributed by atoms with Crippen molar-refractivity contribution < 1.29 is 9.53 Å². The van der Waals surface area contributed by atoms with Crippen LogP contribution in [0, 0.1) is 0 Å². The normalized spacial score (nSPS) is 10.4. The largest absolute Gasteiger partial charge is 0.496 e. The summed E-state index contributed by atoms with van der Waals surface area (Å²) >= 11 is 17.8. The molecule has 116 valence electrons. The molecule has 0 atom stereocenters. The first-order valence-corrected chi connectivity index (χ1v) is 7.41. The lowest BCUT2D eigenvalue weighted by Crippen LogP contribution is -2.23. The van der Waals surface area contributed by atoms with Gasteiger partial charge in [-0.2, -0.15) is 0 Å². The second-order valence-corrected chi connectivity index (χ2v) is 5.74. The Morgan fingerprint density at radius 3 is 2.55 bits per heavy atom. The smallest absolute Gasteiger partial charge is 0.255 e. The maximum absolute atomic E-state index is 12.3. The lowest BCUT2D eigenvalue weighted by molar-refractivity contribution is 0.0948. The van der Waals surface area contributed by atoms with Crippen LogP contribution in [0.1, 0.15) is 15.9 Å². The average molecular weight is 360 g/mol. The van der Waals surface area contributed by atoms with Gasteiger partial charge in [-0.05, 0) is 23.8 Å². The molecule has 0 heterocycles. The first-order chi connectivity index (χ1) is 10.4. The second kappa shape index (κ2) is 7.09. The standard InChI is InChI=1S/C15H13Cl3N2O2/c1-22-14-6-13(19)12(18)5-10(14)15(21)20-7-8-2-3-9(16)4-11(8)17/h2-6H,7,19H2,1H3,(H,20,21). The van der Waals surface area contributed by atoms with E-state index in [1.165, 1.54) is 19.2 Å². The zero-order valence-corrected chi connectivity index (χ0v) is 13.9. The summed E-state index contributed by atoms with van der Waals surface area (Å²) in [5.74, 6) is 0.00590. The van der Waals surface area contributed by atoms with Gasteiger partial charge in [0.25, 0.3) is 5.91 Å². The third-order valence-electron chi connectivity index (χ3n) is 3.02. The number of nitrogens with one attached hydrogen (secondary N) is 1. The molecule has 0 unspecified atom stereocenters. The molecule has 22 heavy (non-hydrogen) atoms. The SMILES string of the molecule is COc1cc(N)c(Cl)cc1C(=O)NCc1ccc(Cl)cc1Cl. The number of methoxy groups -OCH3 is 1. The zero-order chi connectivity index (χ0) is 16.3. The minimum atomic E-state index is -0.343. The Morgan fingerprint density at radius 2 is 1.91 bits per heavy atom. The lowest BCUT2D eigenvalue weighted by atomic mass is 10.1. The van der Waals surface area contributed by atoms with E-state index < -0.39 is 0 Å². The Balaban J connectivity index is 2.17. The molecule has 2 aromatic rings. The summed E-state index contributed by atoms with van der Waals surface area (Å²) in [5, 5.41) is 4.05. The van der Waals surface area contributed by atoms with Crippen molar-refractivity contribution >= 4 is 46.4 Å². The highest BCUT2D eigenvalue weighted by molar-refractivity contribution is 6.35. The number of amides is 1. The van der Waals surface area contributed by atoms with E-state index in [-0.39, 0.29) is 17.5 Å². The third-order valence-corrected chi connectivity index (χ3v) is 3.93. The van der Waals surface area contributed by atoms with Gasteiger partial charge >= 0.3 is 0 Å². The molecule has 2 aromatic carbocycles. The van der Waals surface area contributed by atoms with Crippen molar-refractivity contribution in [1.82, 2.24) is 5.32 Å². The predicted molar refractivity (Wildman–Crippen MR) is 90.0 cm³/mol. The van der Waals surface area contributed by atoms with Crippen molar-refractivity contribution in [2.75, 3.05) is 12.8 Å². The molecular weight excluding hydrogens is 347 g/mol. The molecule has 0 saturated heterocycles. The van der Waals surface area contributed by atoms with E-state index in [9.17, 15) is 4.79 Å². The highest BCUT2D eigenvalue weighted by atomic mass is 35.5. The van der Waals surface area contributed by atoms with Crippen LogP contribution in [0.4, 0.5) is 5.69 Å². The van der Waals surface area contributed by atoms with E-state index in [1.807, 2.05) is 0 Å². The van der Waals surface area contributed by atoms with Crippen LogP contribution in [0.2, 0.25) is 15.1 Å². The molecule has 0 aliphatic rings. The fourth-order valence-corrected chi connectivity index (χ4v) is 2.49. The number of halogens is 3. The molecule has 0 spiro atoms. The summed E-state index contributed by atoms with van der Waals surface area (Å²) in [7, 11) is 1.45. The number of carbonyl (C=O) groups excluding carboxylic acids is 1. The molecule has 0 aromatic heterocycles. The molecule has 7 heteroatoms. The number of rotatable bonds is 4. The number of ether oxygens (including phenoxy) is 1. The van der Waals surface area contributed by atoms with Gasteiger partial charge in [-0.3, -0.25) is 4.79 Å². The van der Waals surface area contributed by atoms with Gasteiger partial charge in [-0.1, -0.05) is 40.9 Å². The van der Waals surface area contributed by atoms with Gasteiger partial charge in [-0.15, -0.1) is 0 Å². The van der Waals surface area contributed by atoms with Gasteiger partial charge in [0.15, 0.2) is 0 Å². The van der Waals surface area contributed by atoms with Crippen molar-refractivity contribution in [2.24, 2.45) is 0 Å². The summed E-state index contributed by atoms with van der Waals surface area (Å²) in [5.41, 5.74) is 7.08. The van der Waals surface area contributed by atoms with E-state index in [0.29, 0.717) is 27.0 Å². The highest BCUT2D eigenvalue weighted by Crippen LogP contribution is 2.29. The maximum Gasteiger partial charge on any atom is 0.255 e. The maximum atomic E-state index is 12.3. The molecule has 0 radical (unpaired) electrons. The van der Waals surface area contributed by atoms with Gasteiger partial charge in [-0.25, -0.2) is 0 Å². The van der Waals surface area contributed by atoms with Crippen LogP contribution in [-0.2, 0) is 6.54 Å². The van der Waals surface area contributed by atoms with Crippen LogP contribution in [-0.4, -0.2) is 13.0 Å². The van der Waals surface area contributed by atoms with Crippen LogP contribution in [0.5, 0.6) is 5.75 Å². The van der Waals surface area contributed by atoms with Gasteiger partial charge in [0, 0.05) is 22.7 Å². The topological polar surface area (TPSA) is 64.3 Å². The van der Waals surface area contributed by atoms with Crippen LogP contribution in [0.3, 0.4) is 0 Å². The van der Waals surface area contributed by atoms with Gasteiger partial charge in [0.1, 0.15) is 5.75 Å². The minimum absolute atomic E-state index is 0.250. The Labute approximate surface area is 143 Å². The Hall–Kier alpha value is -1.62. The van der Waals surface area contributed by atoms with Gasteiger partial charge < -0.3 is 15.8 Å². The van der Waals surface area contributed by atoms with Crippen LogP contribution in [0.25, 0.3) is 0 Å². The fourth-order valence-electron chi connectivity index (χ4n) is 1.85. The number of hydrogen-bond acceptors (Lipinski definition) is 3. The van der Waals surface area contributed by atoms with Crippen molar-refractivity contribution in [3.63, 3.8) is 0 Å². The molecular formula is C15H13Cl3N2O2. The average Bonchev–Trinajstić information content (AvgIpc) is 2.48. The predicted octanol–water partition coefficient (Wildman–Crippen LogP) is 4.17. The van der Waals surface area contributed by atoms with Crippen LogP contribution in [0.15, 0.2) is 30.3 Å². The Kier molecular flexibility index (Phi) is 5.40. The van der Waals surface area contributed by atoms with Gasteiger partial charge in [0.05, 0.1) is 23.4 Å².